The standard InChI is InChI=1S/C23H22F4N4O4/c1-4-35-18-8-13(10-29-20(18)32)12-5-6-17(16(24)7-12)31-21(33)30-14-9-15(23(25,26)27)19(28-11-14)22(2,3)34/h5-11,34H,4H2,1-3H3,(H,29,32)(H2,30,31,33). The quantitative estimate of drug-likeness (QED) is 0.365. The number of pyridine rings is 2. The van der Waals surface area contributed by atoms with Crippen molar-refractivity contribution in [3.8, 4) is 16.9 Å². The van der Waals surface area contributed by atoms with Crippen molar-refractivity contribution < 1.29 is 32.2 Å². The fourth-order valence-electron chi connectivity index (χ4n) is 3.21. The number of rotatable bonds is 6. The van der Waals surface area contributed by atoms with Gasteiger partial charge in [0.05, 0.1) is 35.4 Å². The number of carbonyl (C=O) groups is 1. The number of alkyl halides is 3. The minimum Gasteiger partial charge on any atom is -0.488 e. The molecule has 8 nitrogen and oxygen atoms in total. The Hall–Kier alpha value is -3.93. The number of benzene rings is 1. The lowest BCUT2D eigenvalue weighted by Gasteiger charge is -2.22. The summed E-state index contributed by atoms with van der Waals surface area (Å²) >= 11 is 0. The summed E-state index contributed by atoms with van der Waals surface area (Å²) in [4.78, 5) is 30.2. The van der Waals surface area contributed by atoms with Crippen molar-refractivity contribution >= 4 is 17.4 Å². The van der Waals surface area contributed by atoms with Crippen LogP contribution in [-0.4, -0.2) is 27.7 Å². The molecule has 2 heterocycles. The fraction of sp³-hybridized carbons (Fsp3) is 0.261. The average molecular weight is 494 g/mol. The van der Waals surface area contributed by atoms with Crippen LogP contribution in [0, 0.1) is 5.82 Å². The van der Waals surface area contributed by atoms with Crippen molar-refractivity contribution in [2.45, 2.75) is 32.5 Å². The van der Waals surface area contributed by atoms with E-state index in [0.717, 1.165) is 26.1 Å². The molecule has 0 saturated heterocycles. The van der Waals surface area contributed by atoms with Crippen molar-refractivity contribution in [2.24, 2.45) is 0 Å². The molecule has 3 aromatic rings. The maximum absolute atomic E-state index is 14.6. The van der Waals surface area contributed by atoms with Crippen LogP contribution in [0.4, 0.5) is 33.7 Å². The number of nitrogens with zero attached hydrogens (tertiary/aromatic N) is 1. The molecule has 0 aliphatic carbocycles. The van der Waals surface area contributed by atoms with Crippen LogP contribution in [0.25, 0.3) is 11.1 Å². The van der Waals surface area contributed by atoms with Crippen LogP contribution >= 0.6 is 0 Å². The van der Waals surface area contributed by atoms with Gasteiger partial charge in [-0.25, -0.2) is 9.18 Å². The van der Waals surface area contributed by atoms with E-state index in [9.17, 15) is 32.3 Å². The monoisotopic (exact) mass is 494 g/mol. The lowest BCUT2D eigenvalue weighted by Crippen LogP contribution is -2.25. The number of nitrogens with one attached hydrogen (secondary N) is 3. The number of H-pyrrole nitrogens is 1. The first kappa shape index (κ1) is 25.7. The van der Waals surface area contributed by atoms with Gasteiger partial charge < -0.3 is 25.5 Å². The predicted molar refractivity (Wildman–Crippen MR) is 121 cm³/mol. The van der Waals surface area contributed by atoms with Crippen LogP contribution in [0.1, 0.15) is 32.0 Å². The molecule has 186 valence electrons. The molecule has 35 heavy (non-hydrogen) atoms. The normalized spacial score (nSPS) is 11.8. The highest BCUT2D eigenvalue weighted by molar-refractivity contribution is 6.00. The van der Waals surface area contributed by atoms with Gasteiger partial charge in [0, 0.05) is 11.8 Å². The second-order valence-electron chi connectivity index (χ2n) is 7.97. The molecule has 3 rings (SSSR count). The molecule has 0 saturated carbocycles. The van der Waals surface area contributed by atoms with Crippen molar-refractivity contribution in [1.29, 1.82) is 0 Å². The molecule has 1 aromatic carbocycles. The van der Waals surface area contributed by atoms with Gasteiger partial charge in [0.2, 0.25) is 0 Å². The zero-order valence-electron chi connectivity index (χ0n) is 18.9. The van der Waals surface area contributed by atoms with E-state index in [1.54, 1.807) is 6.92 Å². The van der Waals surface area contributed by atoms with Crippen LogP contribution in [-0.2, 0) is 11.8 Å². The summed E-state index contributed by atoms with van der Waals surface area (Å²) < 4.78 is 60.1. The molecule has 0 fully saturated rings. The molecule has 0 unspecified atom stereocenters. The number of aromatic amines is 1. The van der Waals surface area contributed by atoms with E-state index < -0.39 is 40.4 Å². The van der Waals surface area contributed by atoms with Gasteiger partial charge in [-0.2, -0.15) is 13.2 Å². The SMILES string of the molecule is CCOc1cc(-c2ccc(NC(=O)Nc3cnc(C(C)(C)O)c(C(F)(F)F)c3)c(F)c2)c[nH]c1=O. The Bertz CT molecular complexity index is 1300. The highest BCUT2D eigenvalue weighted by Crippen LogP contribution is 2.37. The van der Waals surface area contributed by atoms with E-state index in [1.807, 2.05) is 0 Å². The second kappa shape index (κ2) is 9.74. The number of hydrogen-bond acceptors (Lipinski definition) is 5. The van der Waals surface area contributed by atoms with E-state index >= 15 is 0 Å². The lowest BCUT2D eigenvalue weighted by atomic mass is 9.98. The Morgan fingerprint density at radius 3 is 2.46 bits per heavy atom. The topological polar surface area (TPSA) is 116 Å². The third-order valence-electron chi connectivity index (χ3n) is 4.75. The summed E-state index contributed by atoms with van der Waals surface area (Å²) in [7, 11) is 0. The van der Waals surface area contributed by atoms with E-state index in [-0.39, 0.29) is 23.7 Å². The number of aromatic nitrogens is 2. The van der Waals surface area contributed by atoms with E-state index in [2.05, 4.69) is 20.6 Å². The Morgan fingerprint density at radius 1 is 1.14 bits per heavy atom. The second-order valence-corrected chi connectivity index (χ2v) is 7.97. The highest BCUT2D eigenvalue weighted by Gasteiger charge is 2.38. The molecule has 2 amide bonds. The van der Waals surface area contributed by atoms with Gasteiger partial charge in [0.25, 0.3) is 5.56 Å². The number of carbonyl (C=O) groups excluding carboxylic acids is 1. The third kappa shape index (κ3) is 6.15. The Labute approximate surface area is 197 Å². The van der Waals surface area contributed by atoms with E-state index in [4.69, 9.17) is 4.74 Å². The largest absolute Gasteiger partial charge is 0.488 e. The summed E-state index contributed by atoms with van der Waals surface area (Å²) in [5, 5.41) is 14.3. The van der Waals surface area contributed by atoms with Crippen LogP contribution in [0.15, 0.2) is 47.5 Å². The zero-order valence-corrected chi connectivity index (χ0v) is 18.9. The molecule has 0 bridgehead atoms. The molecule has 0 atom stereocenters. The molecular weight excluding hydrogens is 472 g/mol. The molecule has 0 radical (unpaired) electrons. The number of ether oxygens (including phenoxy) is 1. The lowest BCUT2D eigenvalue weighted by molar-refractivity contribution is -0.140. The first-order valence-electron chi connectivity index (χ1n) is 10.3. The van der Waals surface area contributed by atoms with E-state index in [0.29, 0.717) is 17.2 Å². The van der Waals surface area contributed by atoms with E-state index in [1.165, 1.54) is 24.4 Å². The van der Waals surface area contributed by atoms with Gasteiger partial charge in [0.15, 0.2) is 5.75 Å². The maximum atomic E-state index is 14.6. The van der Waals surface area contributed by atoms with Gasteiger partial charge >= 0.3 is 12.2 Å². The van der Waals surface area contributed by atoms with Crippen LogP contribution in [0.5, 0.6) is 5.75 Å². The molecule has 2 aromatic heterocycles. The van der Waals surface area contributed by atoms with Gasteiger partial charge in [-0.05, 0) is 50.6 Å². The molecule has 12 heteroatoms. The summed E-state index contributed by atoms with van der Waals surface area (Å²) in [6.07, 6.45) is -2.50. The first-order chi connectivity index (χ1) is 16.3. The molecule has 0 aliphatic heterocycles. The minimum atomic E-state index is -4.83. The smallest absolute Gasteiger partial charge is 0.418 e. The summed E-state index contributed by atoms with van der Waals surface area (Å²) in [6, 6.07) is 4.91. The number of amides is 2. The minimum absolute atomic E-state index is 0.0643. The molecule has 4 N–H and O–H groups in total. The van der Waals surface area contributed by atoms with Crippen molar-refractivity contribution in [3.05, 3.63) is 70.2 Å². The third-order valence-corrected chi connectivity index (χ3v) is 4.75. The Kier molecular flexibility index (Phi) is 7.15. The average Bonchev–Trinajstić information content (AvgIpc) is 2.75. The van der Waals surface area contributed by atoms with Gasteiger partial charge in [0.1, 0.15) is 11.4 Å². The van der Waals surface area contributed by atoms with Crippen molar-refractivity contribution in [1.82, 2.24) is 9.97 Å². The maximum Gasteiger partial charge on any atom is 0.418 e. The summed E-state index contributed by atoms with van der Waals surface area (Å²) in [6.45, 7) is 4.28. The van der Waals surface area contributed by atoms with Crippen LogP contribution in [0.3, 0.4) is 0 Å². The van der Waals surface area contributed by atoms with Crippen molar-refractivity contribution in [3.63, 3.8) is 0 Å². The van der Waals surface area contributed by atoms with Gasteiger partial charge in [-0.1, -0.05) is 6.07 Å². The Balaban J connectivity index is 1.79. The van der Waals surface area contributed by atoms with Gasteiger partial charge in [-0.15, -0.1) is 0 Å². The fourth-order valence-corrected chi connectivity index (χ4v) is 3.21. The highest BCUT2D eigenvalue weighted by atomic mass is 19.4. The number of anilines is 2. The van der Waals surface area contributed by atoms with Crippen molar-refractivity contribution in [2.75, 3.05) is 17.2 Å². The van der Waals surface area contributed by atoms with Crippen LogP contribution in [0.2, 0.25) is 0 Å². The first-order valence-corrected chi connectivity index (χ1v) is 10.3. The molecule has 0 spiro atoms. The number of urea groups is 1. The zero-order chi connectivity index (χ0) is 26.0. The summed E-state index contributed by atoms with van der Waals surface area (Å²) in [5.41, 5.74) is -3.84. The number of aliphatic hydroxyl groups is 1. The number of hydrogen-bond donors (Lipinski definition) is 4. The van der Waals surface area contributed by atoms with Crippen LogP contribution < -0.4 is 20.9 Å². The predicted octanol–water partition coefficient (Wildman–Crippen LogP) is 4.86. The van der Waals surface area contributed by atoms with Gasteiger partial charge in [-0.3, -0.25) is 9.78 Å². The number of halogens is 4. The molecule has 0 aliphatic rings. The Morgan fingerprint density at radius 2 is 1.86 bits per heavy atom. The summed E-state index contributed by atoms with van der Waals surface area (Å²) in [5.74, 6) is -0.761. The molecular formula is C23H22F4N4O4.